The van der Waals surface area contributed by atoms with Gasteiger partial charge in [0.2, 0.25) is 0 Å². The molecule has 32 heavy (non-hydrogen) atoms. The standard InChI is InChI=1S/C21H15Cl3FN5O2/c22-16-3-1-13(7-17(16)23)10-30-11-14(9-26-30)27-21(31)20-5-6-29(28-20)12-32-15-2-4-19(25)18(24)8-15/h1-9,11H,10,12H2,(H,27,31). The quantitative estimate of drug-likeness (QED) is 0.367. The van der Waals surface area contributed by atoms with Crippen molar-refractivity contribution >= 4 is 46.4 Å². The first-order valence-electron chi connectivity index (χ1n) is 9.26. The maximum absolute atomic E-state index is 13.2. The zero-order chi connectivity index (χ0) is 22.7. The van der Waals surface area contributed by atoms with Crippen molar-refractivity contribution < 1.29 is 13.9 Å². The number of nitrogens with one attached hydrogen (secondary N) is 1. The molecule has 2 aromatic heterocycles. The van der Waals surface area contributed by atoms with Gasteiger partial charge in [0, 0.05) is 18.5 Å². The molecular weight excluding hydrogens is 480 g/mol. The predicted octanol–water partition coefficient (Wildman–Crippen LogP) is 5.52. The van der Waals surface area contributed by atoms with Crippen LogP contribution in [0.25, 0.3) is 0 Å². The predicted molar refractivity (Wildman–Crippen MR) is 120 cm³/mol. The fourth-order valence-corrected chi connectivity index (χ4v) is 3.29. The normalized spacial score (nSPS) is 10.9. The molecule has 1 amide bonds. The van der Waals surface area contributed by atoms with Crippen LogP contribution in [-0.4, -0.2) is 25.5 Å². The second-order valence-electron chi connectivity index (χ2n) is 6.72. The molecule has 1 N–H and O–H groups in total. The lowest BCUT2D eigenvalue weighted by atomic mass is 10.2. The molecular formula is C21H15Cl3FN5O2. The number of hydrogen-bond acceptors (Lipinski definition) is 4. The van der Waals surface area contributed by atoms with E-state index < -0.39 is 11.7 Å². The summed E-state index contributed by atoms with van der Waals surface area (Å²) in [5.74, 6) is -0.549. The van der Waals surface area contributed by atoms with Gasteiger partial charge in [-0.1, -0.05) is 40.9 Å². The molecule has 0 aliphatic heterocycles. The van der Waals surface area contributed by atoms with Crippen molar-refractivity contribution in [2.24, 2.45) is 0 Å². The molecule has 0 aliphatic rings. The zero-order valence-electron chi connectivity index (χ0n) is 16.3. The van der Waals surface area contributed by atoms with Gasteiger partial charge in [0.05, 0.1) is 33.5 Å². The first-order valence-corrected chi connectivity index (χ1v) is 10.4. The minimum Gasteiger partial charge on any atom is -0.471 e. The summed E-state index contributed by atoms with van der Waals surface area (Å²) in [5.41, 5.74) is 1.63. The topological polar surface area (TPSA) is 74.0 Å². The molecule has 0 radical (unpaired) electrons. The largest absolute Gasteiger partial charge is 0.471 e. The first kappa shape index (κ1) is 22.1. The molecule has 7 nitrogen and oxygen atoms in total. The number of carbonyl (C=O) groups is 1. The molecule has 164 valence electrons. The van der Waals surface area contributed by atoms with Gasteiger partial charge in [-0.2, -0.15) is 10.2 Å². The average molecular weight is 495 g/mol. The number of benzene rings is 2. The van der Waals surface area contributed by atoms with E-state index in [1.54, 1.807) is 35.3 Å². The molecule has 0 saturated carbocycles. The monoisotopic (exact) mass is 493 g/mol. The molecule has 0 unspecified atom stereocenters. The van der Waals surface area contributed by atoms with E-state index in [0.717, 1.165) is 5.56 Å². The van der Waals surface area contributed by atoms with Crippen LogP contribution in [0, 0.1) is 5.82 Å². The van der Waals surface area contributed by atoms with Gasteiger partial charge in [0.1, 0.15) is 11.6 Å². The van der Waals surface area contributed by atoms with Gasteiger partial charge >= 0.3 is 0 Å². The summed E-state index contributed by atoms with van der Waals surface area (Å²) >= 11 is 17.7. The second kappa shape index (κ2) is 9.60. The van der Waals surface area contributed by atoms with Crippen LogP contribution in [0.3, 0.4) is 0 Å². The van der Waals surface area contributed by atoms with Gasteiger partial charge < -0.3 is 10.1 Å². The van der Waals surface area contributed by atoms with Crippen LogP contribution in [-0.2, 0) is 13.3 Å². The highest BCUT2D eigenvalue weighted by molar-refractivity contribution is 6.42. The number of aromatic nitrogens is 4. The van der Waals surface area contributed by atoms with Gasteiger partial charge in [0.15, 0.2) is 12.4 Å². The van der Waals surface area contributed by atoms with Gasteiger partial charge in [-0.05, 0) is 35.9 Å². The maximum atomic E-state index is 13.2. The molecule has 0 saturated heterocycles. The summed E-state index contributed by atoms with van der Waals surface area (Å²) in [6.07, 6.45) is 4.82. The van der Waals surface area contributed by atoms with Crippen LogP contribution in [0.1, 0.15) is 16.1 Å². The Bertz CT molecular complexity index is 1270. The Kier molecular flexibility index (Phi) is 6.64. The van der Waals surface area contributed by atoms with Gasteiger partial charge in [-0.25, -0.2) is 9.07 Å². The molecule has 0 fully saturated rings. The van der Waals surface area contributed by atoms with Crippen molar-refractivity contribution in [2.45, 2.75) is 13.3 Å². The number of halogens is 4. The number of amides is 1. The molecule has 0 bridgehead atoms. The molecule has 0 spiro atoms. The summed E-state index contributed by atoms with van der Waals surface area (Å²) in [5, 5.41) is 12.1. The summed E-state index contributed by atoms with van der Waals surface area (Å²) in [6, 6.07) is 10.9. The number of rotatable bonds is 7. The summed E-state index contributed by atoms with van der Waals surface area (Å²) in [6.45, 7) is 0.489. The van der Waals surface area contributed by atoms with Crippen molar-refractivity contribution in [3.63, 3.8) is 0 Å². The van der Waals surface area contributed by atoms with Crippen LogP contribution < -0.4 is 10.1 Å². The smallest absolute Gasteiger partial charge is 0.276 e. The van der Waals surface area contributed by atoms with E-state index in [9.17, 15) is 9.18 Å². The molecule has 2 aromatic carbocycles. The van der Waals surface area contributed by atoms with Crippen molar-refractivity contribution in [3.8, 4) is 5.75 Å². The number of ether oxygens (including phenoxy) is 1. The highest BCUT2D eigenvalue weighted by Crippen LogP contribution is 2.23. The minimum atomic E-state index is -0.530. The molecule has 0 atom stereocenters. The van der Waals surface area contributed by atoms with E-state index >= 15 is 0 Å². The van der Waals surface area contributed by atoms with E-state index in [0.29, 0.717) is 28.0 Å². The third-order valence-electron chi connectivity index (χ3n) is 4.35. The lowest BCUT2D eigenvalue weighted by Gasteiger charge is -2.06. The van der Waals surface area contributed by atoms with Crippen molar-refractivity contribution in [1.29, 1.82) is 0 Å². The van der Waals surface area contributed by atoms with Crippen LogP contribution in [0.4, 0.5) is 10.1 Å². The zero-order valence-corrected chi connectivity index (χ0v) is 18.6. The Hall–Kier alpha value is -3.07. The summed E-state index contributed by atoms with van der Waals surface area (Å²) in [7, 11) is 0. The van der Waals surface area contributed by atoms with Gasteiger partial charge in [-0.15, -0.1) is 0 Å². The third kappa shape index (κ3) is 5.40. The maximum Gasteiger partial charge on any atom is 0.276 e. The Labute approximate surface area is 197 Å². The van der Waals surface area contributed by atoms with E-state index in [-0.39, 0.29) is 17.4 Å². The fraction of sp³-hybridized carbons (Fsp3) is 0.0952. The number of hydrogen-bond donors (Lipinski definition) is 1. The van der Waals surface area contributed by atoms with Crippen molar-refractivity contribution in [1.82, 2.24) is 19.6 Å². The highest BCUT2D eigenvalue weighted by atomic mass is 35.5. The highest BCUT2D eigenvalue weighted by Gasteiger charge is 2.12. The minimum absolute atomic E-state index is 0.0246. The van der Waals surface area contributed by atoms with Crippen LogP contribution in [0.2, 0.25) is 15.1 Å². The van der Waals surface area contributed by atoms with E-state index in [1.807, 2.05) is 6.07 Å². The molecule has 4 aromatic rings. The average Bonchev–Trinajstić information content (AvgIpc) is 3.41. The lowest BCUT2D eigenvalue weighted by Crippen LogP contribution is -2.14. The fourth-order valence-electron chi connectivity index (χ4n) is 2.80. The number of anilines is 1. The third-order valence-corrected chi connectivity index (χ3v) is 5.38. The van der Waals surface area contributed by atoms with Gasteiger partial charge in [0.25, 0.3) is 5.91 Å². The van der Waals surface area contributed by atoms with Crippen molar-refractivity contribution in [3.05, 3.63) is 93.2 Å². The van der Waals surface area contributed by atoms with E-state index in [4.69, 9.17) is 39.5 Å². The Balaban J connectivity index is 1.33. The summed E-state index contributed by atoms with van der Waals surface area (Å²) < 4.78 is 21.8. The van der Waals surface area contributed by atoms with E-state index in [1.165, 1.54) is 29.1 Å². The first-order chi connectivity index (χ1) is 15.4. The number of carbonyl (C=O) groups excluding carboxylic acids is 1. The lowest BCUT2D eigenvalue weighted by molar-refractivity contribution is 0.102. The Morgan fingerprint density at radius 2 is 1.88 bits per heavy atom. The SMILES string of the molecule is O=C(Nc1cnn(Cc2ccc(Cl)c(Cl)c2)c1)c1ccn(COc2ccc(F)c(Cl)c2)n1. The molecule has 0 aliphatic carbocycles. The molecule has 2 heterocycles. The van der Waals surface area contributed by atoms with Crippen LogP contribution in [0.5, 0.6) is 5.75 Å². The molecule has 4 rings (SSSR count). The van der Waals surface area contributed by atoms with Crippen LogP contribution in [0.15, 0.2) is 61.1 Å². The van der Waals surface area contributed by atoms with Crippen molar-refractivity contribution in [2.75, 3.05) is 5.32 Å². The second-order valence-corrected chi connectivity index (χ2v) is 7.94. The Morgan fingerprint density at radius 1 is 1.03 bits per heavy atom. The Morgan fingerprint density at radius 3 is 2.66 bits per heavy atom. The summed E-state index contributed by atoms with van der Waals surface area (Å²) in [4.78, 5) is 12.5. The van der Waals surface area contributed by atoms with Crippen LogP contribution >= 0.6 is 34.8 Å². The number of nitrogens with zero attached hydrogens (tertiary/aromatic N) is 4. The van der Waals surface area contributed by atoms with Gasteiger partial charge in [-0.3, -0.25) is 9.48 Å². The van der Waals surface area contributed by atoms with E-state index in [2.05, 4.69) is 15.5 Å². The molecule has 11 heteroatoms.